The van der Waals surface area contributed by atoms with Gasteiger partial charge in [0.25, 0.3) is 0 Å². The largest absolute Gasteiger partial charge is 0.487 e. The second kappa shape index (κ2) is 12.5. The van der Waals surface area contributed by atoms with Gasteiger partial charge in [0.05, 0.1) is 22.1 Å². The van der Waals surface area contributed by atoms with Crippen molar-refractivity contribution in [3.05, 3.63) is 70.3 Å². The lowest BCUT2D eigenvalue weighted by Gasteiger charge is -2.42. The summed E-state index contributed by atoms with van der Waals surface area (Å²) in [6.07, 6.45) is 7.38. The van der Waals surface area contributed by atoms with Crippen molar-refractivity contribution in [3.63, 3.8) is 0 Å². The van der Waals surface area contributed by atoms with Crippen LogP contribution < -0.4 is 14.8 Å². The zero-order chi connectivity index (χ0) is 29.1. The van der Waals surface area contributed by atoms with E-state index in [4.69, 9.17) is 21.5 Å². The second-order valence-electron chi connectivity index (χ2n) is 11.5. The molecule has 10 heteroatoms. The van der Waals surface area contributed by atoms with Crippen molar-refractivity contribution in [3.8, 4) is 5.75 Å². The summed E-state index contributed by atoms with van der Waals surface area (Å²) in [7, 11) is -3.71. The number of nitrogens with zero attached hydrogens (tertiary/aromatic N) is 1. The average molecular weight is 591 g/mol. The molecule has 1 heterocycles. The highest BCUT2D eigenvalue weighted by atomic mass is 35.5. The molecule has 218 valence electrons. The number of primary sulfonamides is 1. The van der Waals surface area contributed by atoms with Crippen molar-refractivity contribution in [1.29, 1.82) is 0 Å². The second-order valence-corrected chi connectivity index (χ2v) is 14.2. The molecule has 4 N–H and O–H groups in total. The van der Waals surface area contributed by atoms with Crippen LogP contribution in [0.5, 0.6) is 5.75 Å². The van der Waals surface area contributed by atoms with Gasteiger partial charge in [-0.15, -0.1) is 0 Å². The minimum Gasteiger partial charge on any atom is -0.487 e. The number of hydrogen-bond acceptors (Lipinski definition) is 6. The lowest BCUT2D eigenvalue weighted by molar-refractivity contribution is 0.0461. The number of sulfonamides is 1. The van der Waals surface area contributed by atoms with Crippen LogP contribution in [0.25, 0.3) is 0 Å². The normalized spacial score (nSPS) is 21.0. The molecule has 0 amide bonds. The highest BCUT2D eigenvalue weighted by Gasteiger charge is 2.37. The first-order chi connectivity index (χ1) is 18.9. The molecule has 0 bridgehead atoms. The molecule has 2 aromatic carbocycles. The molecule has 2 aromatic rings. The van der Waals surface area contributed by atoms with E-state index >= 15 is 0 Å². The number of hydrogen-bond donors (Lipinski definition) is 3. The zero-order valence-corrected chi connectivity index (χ0v) is 24.6. The van der Waals surface area contributed by atoms with E-state index in [1.165, 1.54) is 0 Å². The van der Waals surface area contributed by atoms with Gasteiger partial charge in [-0.3, -0.25) is 0 Å². The molecule has 0 spiro atoms. The molecule has 2 aliphatic rings. The van der Waals surface area contributed by atoms with Gasteiger partial charge >= 0.3 is 5.97 Å². The summed E-state index contributed by atoms with van der Waals surface area (Å²) in [6, 6.07) is 10.8. The fourth-order valence-electron chi connectivity index (χ4n) is 5.38. The van der Waals surface area contributed by atoms with Crippen LogP contribution in [0.2, 0.25) is 5.02 Å². The molecule has 0 aromatic heterocycles. The Labute approximate surface area is 241 Å². The third-order valence-electron chi connectivity index (χ3n) is 8.30. The Morgan fingerprint density at radius 3 is 2.65 bits per heavy atom. The molecule has 0 radical (unpaired) electrons. The lowest BCUT2D eigenvalue weighted by atomic mass is 9.70. The Balaban J connectivity index is 1.53. The van der Waals surface area contributed by atoms with Crippen LogP contribution in [-0.2, 0) is 23.1 Å². The van der Waals surface area contributed by atoms with Crippen molar-refractivity contribution in [2.24, 2.45) is 17.0 Å². The van der Waals surface area contributed by atoms with Crippen molar-refractivity contribution < 1.29 is 28.2 Å². The number of carboxylic acids is 1. The van der Waals surface area contributed by atoms with Crippen molar-refractivity contribution >= 4 is 33.3 Å². The molecule has 40 heavy (non-hydrogen) atoms. The van der Waals surface area contributed by atoms with Crippen LogP contribution in [0, 0.1) is 11.8 Å². The standard InChI is InChI=1S/C30H39ClN2O6S/c1-30(2,40(32,37)38)14-5-7-27(34)25-12-9-22(25)18-33-15-4-3-6-20-16-24(31)11-8-23(20)19-39-28-13-10-21(29(35)36)17-26(28)33/h5,7-8,10-11,13,16-17,22,25,27,34H,3-4,6,9,12,14-15,18-19H2,1-2H3,(H,35,36)(H2,32,37,38)/b7-5+/t22-,25+,27-/m0/s1. The number of aryl methyl sites for hydroxylation is 1. The summed E-state index contributed by atoms with van der Waals surface area (Å²) in [6.45, 7) is 4.85. The van der Waals surface area contributed by atoms with Gasteiger partial charge in [-0.25, -0.2) is 18.4 Å². The van der Waals surface area contributed by atoms with Crippen molar-refractivity contribution in [1.82, 2.24) is 0 Å². The maximum absolute atomic E-state index is 11.8. The molecule has 1 aliphatic carbocycles. The van der Waals surface area contributed by atoms with E-state index in [0.717, 1.165) is 48.9 Å². The quantitative estimate of drug-likeness (QED) is 0.362. The first-order valence-electron chi connectivity index (χ1n) is 13.7. The fraction of sp³-hybridized carbons (Fsp3) is 0.500. The van der Waals surface area contributed by atoms with Gasteiger partial charge in [0.1, 0.15) is 12.4 Å². The van der Waals surface area contributed by atoms with Crippen LogP contribution in [-0.4, -0.2) is 48.5 Å². The molecule has 4 rings (SSSR count). The predicted octanol–water partition coefficient (Wildman–Crippen LogP) is 5.16. The molecular weight excluding hydrogens is 552 g/mol. The molecule has 0 unspecified atom stereocenters. The molecule has 1 saturated carbocycles. The first kappa shape index (κ1) is 30.4. The lowest BCUT2D eigenvalue weighted by Crippen LogP contribution is -2.43. The van der Waals surface area contributed by atoms with Crippen LogP contribution in [0.4, 0.5) is 5.69 Å². The molecule has 1 aliphatic heterocycles. The number of aliphatic hydroxyl groups is 1. The minimum atomic E-state index is -3.71. The van der Waals surface area contributed by atoms with E-state index in [-0.39, 0.29) is 23.8 Å². The number of ether oxygens (including phenoxy) is 1. The van der Waals surface area contributed by atoms with Gasteiger partial charge in [-0.2, -0.15) is 0 Å². The van der Waals surface area contributed by atoms with Crippen molar-refractivity contribution in [2.75, 3.05) is 18.0 Å². The molecule has 1 fully saturated rings. The smallest absolute Gasteiger partial charge is 0.335 e. The predicted molar refractivity (Wildman–Crippen MR) is 158 cm³/mol. The Morgan fingerprint density at radius 2 is 1.98 bits per heavy atom. The highest BCUT2D eigenvalue weighted by Crippen LogP contribution is 2.41. The zero-order valence-electron chi connectivity index (χ0n) is 23.1. The number of aliphatic hydroxyl groups excluding tert-OH is 1. The van der Waals surface area contributed by atoms with Gasteiger partial charge in [0, 0.05) is 18.1 Å². The van der Waals surface area contributed by atoms with Gasteiger partial charge in [-0.05, 0) is 106 Å². The third kappa shape index (κ3) is 7.18. The van der Waals surface area contributed by atoms with E-state index in [1.54, 1.807) is 44.2 Å². The SMILES string of the molecule is CC(C)(C/C=C/[C@H](O)[C@@H]1CC[C@H]1CN1CCCCc2cc(Cl)ccc2COc2ccc(C(=O)O)cc21)S(N)(=O)=O. The molecular formula is C30H39ClN2O6S. The average Bonchev–Trinajstić information content (AvgIpc) is 2.88. The monoisotopic (exact) mass is 590 g/mol. The van der Waals surface area contributed by atoms with E-state index < -0.39 is 26.8 Å². The molecule has 3 atom stereocenters. The number of anilines is 1. The van der Waals surface area contributed by atoms with Crippen LogP contribution >= 0.6 is 11.6 Å². The van der Waals surface area contributed by atoms with E-state index in [1.807, 2.05) is 18.2 Å². The maximum atomic E-state index is 11.8. The number of carboxylic acid groups (broad SMARTS) is 1. The Hall–Kier alpha value is -2.59. The number of aromatic carboxylic acids is 1. The van der Waals surface area contributed by atoms with Crippen LogP contribution in [0.15, 0.2) is 48.6 Å². The number of benzene rings is 2. The minimum absolute atomic E-state index is 0.0189. The summed E-state index contributed by atoms with van der Waals surface area (Å²) in [4.78, 5) is 14.0. The number of nitrogens with two attached hydrogens (primary N) is 1. The van der Waals surface area contributed by atoms with E-state index in [2.05, 4.69) is 4.90 Å². The summed E-state index contributed by atoms with van der Waals surface area (Å²) in [5.74, 6) is -0.172. The number of allylic oxidation sites excluding steroid dienone is 1. The van der Waals surface area contributed by atoms with Crippen LogP contribution in [0.3, 0.4) is 0 Å². The van der Waals surface area contributed by atoms with Gasteiger partial charge in [0.15, 0.2) is 0 Å². The van der Waals surface area contributed by atoms with Crippen LogP contribution in [0.1, 0.15) is 67.4 Å². The van der Waals surface area contributed by atoms with Crippen molar-refractivity contribution in [2.45, 2.75) is 69.8 Å². The third-order valence-corrected chi connectivity index (χ3v) is 10.2. The van der Waals surface area contributed by atoms with E-state index in [9.17, 15) is 23.4 Å². The Kier molecular flexibility index (Phi) is 9.50. The molecule has 0 saturated heterocycles. The number of halogens is 1. The van der Waals surface area contributed by atoms with Gasteiger partial charge < -0.3 is 19.8 Å². The van der Waals surface area contributed by atoms with Gasteiger partial charge in [-0.1, -0.05) is 29.8 Å². The molecule has 8 nitrogen and oxygen atoms in total. The summed E-state index contributed by atoms with van der Waals surface area (Å²) in [5, 5.41) is 26.6. The first-order valence-corrected chi connectivity index (χ1v) is 15.7. The summed E-state index contributed by atoms with van der Waals surface area (Å²) >= 11 is 6.26. The number of carbonyl (C=O) groups is 1. The maximum Gasteiger partial charge on any atom is 0.335 e. The van der Waals surface area contributed by atoms with Gasteiger partial charge in [0.2, 0.25) is 10.0 Å². The summed E-state index contributed by atoms with van der Waals surface area (Å²) in [5.41, 5.74) is 3.15. The summed E-state index contributed by atoms with van der Waals surface area (Å²) < 4.78 is 28.7. The highest BCUT2D eigenvalue weighted by molar-refractivity contribution is 7.90. The Morgan fingerprint density at radius 1 is 1.20 bits per heavy atom. The Bertz CT molecular complexity index is 1360. The van der Waals surface area contributed by atoms with E-state index in [0.29, 0.717) is 30.5 Å². The fourth-order valence-corrected chi connectivity index (χ4v) is 5.90. The number of fused-ring (bicyclic) bond motifs is 2. The topological polar surface area (TPSA) is 130 Å². The number of rotatable bonds is 8.